The fraction of sp³-hybridized carbons (Fsp3) is 0.188. The molecule has 2 aromatic heterocycles. The average molecular weight is 308 g/mol. The maximum absolute atomic E-state index is 9.99. The molecule has 1 saturated heterocycles. The first-order valence-corrected chi connectivity index (χ1v) is 7.39. The molecule has 23 heavy (non-hydrogen) atoms. The number of aromatic hydroxyl groups is 1. The van der Waals surface area contributed by atoms with E-state index in [0.29, 0.717) is 23.1 Å². The molecule has 7 nitrogen and oxygen atoms in total. The molecule has 0 radical (unpaired) electrons. The number of phenolic OH excluding ortho intramolecular Hbond substituents is 1. The molecule has 7 heteroatoms. The van der Waals surface area contributed by atoms with E-state index in [2.05, 4.69) is 20.6 Å². The molecule has 1 aromatic carbocycles. The van der Waals surface area contributed by atoms with E-state index in [9.17, 15) is 5.11 Å². The van der Waals surface area contributed by atoms with Gasteiger partial charge in [0, 0.05) is 36.0 Å². The van der Waals surface area contributed by atoms with Crippen LogP contribution in [0.5, 0.6) is 5.75 Å². The summed E-state index contributed by atoms with van der Waals surface area (Å²) in [4.78, 5) is 0. The summed E-state index contributed by atoms with van der Waals surface area (Å²) in [6, 6.07) is 9.24. The van der Waals surface area contributed by atoms with Crippen molar-refractivity contribution in [3.63, 3.8) is 0 Å². The standard InChI is InChI=1S/C16H16N6O/c17-16-13(10-6-19-22(9-10)11-7-18-8-11)5-14(20-21-16)12-3-1-2-4-15(12)23/h1-6,9,11,18,23H,7-8H2,(H2,17,21). The van der Waals surface area contributed by atoms with E-state index in [0.717, 1.165) is 24.2 Å². The molecule has 1 aliphatic rings. The van der Waals surface area contributed by atoms with Gasteiger partial charge >= 0.3 is 0 Å². The molecule has 3 aromatic rings. The summed E-state index contributed by atoms with van der Waals surface area (Å²) in [5, 5.41) is 25.7. The van der Waals surface area contributed by atoms with Crippen molar-refractivity contribution in [3.05, 3.63) is 42.7 Å². The molecule has 116 valence electrons. The number of benzene rings is 1. The molecule has 1 aliphatic heterocycles. The van der Waals surface area contributed by atoms with Gasteiger partial charge < -0.3 is 16.2 Å². The van der Waals surface area contributed by atoms with Gasteiger partial charge in [0.15, 0.2) is 5.82 Å². The Bertz CT molecular complexity index is 855. The topological polar surface area (TPSA) is 102 Å². The number of nitrogens with zero attached hydrogens (tertiary/aromatic N) is 4. The molecule has 0 atom stereocenters. The highest BCUT2D eigenvalue weighted by atomic mass is 16.3. The molecular formula is C16H16N6O. The van der Waals surface area contributed by atoms with Crippen LogP contribution in [0, 0.1) is 0 Å². The van der Waals surface area contributed by atoms with Crippen LogP contribution >= 0.6 is 0 Å². The fourth-order valence-electron chi connectivity index (χ4n) is 2.59. The van der Waals surface area contributed by atoms with Crippen molar-refractivity contribution in [1.29, 1.82) is 0 Å². The van der Waals surface area contributed by atoms with Crippen LogP contribution in [-0.2, 0) is 0 Å². The van der Waals surface area contributed by atoms with Gasteiger partial charge in [0.2, 0.25) is 0 Å². The molecule has 4 rings (SSSR count). The summed E-state index contributed by atoms with van der Waals surface area (Å²) >= 11 is 0. The lowest BCUT2D eigenvalue weighted by Crippen LogP contribution is -2.43. The van der Waals surface area contributed by atoms with Crippen LogP contribution in [0.25, 0.3) is 22.4 Å². The Morgan fingerprint density at radius 1 is 1.17 bits per heavy atom. The first-order chi connectivity index (χ1) is 11.2. The molecule has 0 bridgehead atoms. The highest BCUT2D eigenvalue weighted by Gasteiger charge is 2.20. The van der Waals surface area contributed by atoms with Crippen molar-refractivity contribution in [1.82, 2.24) is 25.3 Å². The van der Waals surface area contributed by atoms with Crippen LogP contribution < -0.4 is 11.1 Å². The zero-order valence-corrected chi connectivity index (χ0v) is 12.3. The van der Waals surface area contributed by atoms with Gasteiger partial charge in [-0.2, -0.15) is 5.10 Å². The van der Waals surface area contributed by atoms with E-state index >= 15 is 0 Å². The summed E-state index contributed by atoms with van der Waals surface area (Å²) in [7, 11) is 0. The van der Waals surface area contributed by atoms with Gasteiger partial charge in [-0.3, -0.25) is 4.68 Å². The molecule has 0 spiro atoms. The van der Waals surface area contributed by atoms with Gasteiger partial charge in [-0.05, 0) is 18.2 Å². The smallest absolute Gasteiger partial charge is 0.154 e. The van der Waals surface area contributed by atoms with Gasteiger partial charge in [0.05, 0.1) is 17.9 Å². The van der Waals surface area contributed by atoms with Gasteiger partial charge in [-0.15, -0.1) is 10.2 Å². The summed E-state index contributed by atoms with van der Waals surface area (Å²) < 4.78 is 1.94. The third-order valence-electron chi connectivity index (χ3n) is 4.05. The average Bonchev–Trinajstić information content (AvgIpc) is 2.96. The van der Waals surface area contributed by atoms with Crippen molar-refractivity contribution in [2.24, 2.45) is 0 Å². The van der Waals surface area contributed by atoms with Gasteiger partial charge in [0.25, 0.3) is 0 Å². The summed E-state index contributed by atoms with van der Waals surface area (Å²) in [6.07, 6.45) is 3.74. The normalized spacial score (nSPS) is 14.6. The fourth-order valence-corrected chi connectivity index (χ4v) is 2.59. The number of aromatic nitrogens is 4. The van der Waals surface area contributed by atoms with E-state index in [1.807, 2.05) is 23.0 Å². The summed E-state index contributed by atoms with van der Waals surface area (Å²) in [5.41, 5.74) is 8.83. The van der Waals surface area contributed by atoms with E-state index in [4.69, 9.17) is 5.73 Å². The Kier molecular flexibility index (Phi) is 3.20. The molecule has 3 heterocycles. The van der Waals surface area contributed by atoms with Gasteiger partial charge in [-0.25, -0.2) is 0 Å². The summed E-state index contributed by atoms with van der Waals surface area (Å²) in [5.74, 6) is 0.504. The van der Waals surface area contributed by atoms with E-state index in [-0.39, 0.29) is 5.75 Å². The number of hydrogen-bond acceptors (Lipinski definition) is 6. The van der Waals surface area contributed by atoms with Crippen molar-refractivity contribution in [3.8, 4) is 28.1 Å². The van der Waals surface area contributed by atoms with Crippen LogP contribution in [0.2, 0.25) is 0 Å². The second-order valence-corrected chi connectivity index (χ2v) is 5.57. The molecule has 1 fully saturated rings. The van der Waals surface area contributed by atoms with Crippen LogP contribution in [0.3, 0.4) is 0 Å². The first-order valence-electron chi connectivity index (χ1n) is 7.39. The second kappa shape index (κ2) is 5.36. The Labute approximate surface area is 132 Å². The third kappa shape index (κ3) is 2.40. The number of hydrogen-bond donors (Lipinski definition) is 3. The predicted octanol–water partition coefficient (Wildman–Crippen LogP) is 1.44. The predicted molar refractivity (Wildman–Crippen MR) is 86.7 cm³/mol. The Morgan fingerprint density at radius 2 is 2.00 bits per heavy atom. The number of phenols is 1. The lowest BCUT2D eigenvalue weighted by atomic mass is 10.1. The quantitative estimate of drug-likeness (QED) is 0.676. The third-order valence-corrected chi connectivity index (χ3v) is 4.05. The van der Waals surface area contributed by atoms with E-state index in [1.54, 1.807) is 24.4 Å². The van der Waals surface area contributed by atoms with Gasteiger partial charge in [-0.1, -0.05) is 12.1 Å². The van der Waals surface area contributed by atoms with Crippen LogP contribution in [0.4, 0.5) is 5.82 Å². The van der Waals surface area contributed by atoms with Crippen LogP contribution in [0.1, 0.15) is 6.04 Å². The van der Waals surface area contributed by atoms with E-state index < -0.39 is 0 Å². The van der Waals surface area contributed by atoms with Crippen molar-refractivity contribution < 1.29 is 5.11 Å². The Balaban J connectivity index is 1.75. The maximum atomic E-state index is 9.99. The number of para-hydroxylation sites is 1. The molecule has 0 amide bonds. The molecule has 0 aliphatic carbocycles. The van der Waals surface area contributed by atoms with Crippen molar-refractivity contribution in [2.45, 2.75) is 6.04 Å². The molecule has 4 N–H and O–H groups in total. The number of anilines is 1. The number of nitrogen functional groups attached to an aromatic ring is 1. The van der Waals surface area contributed by atoms with Gasteiger partial charge in [0.1, 0.15) is 5.75 Å². The largest absolute Gasteiger partial charge is 0.507 e. The van der Waals surface area contributed by atoms with Crippen LogP contribution in [0.15, 0.2) is 42.7 Å². The second-order valence-electron chi connectivity index (χ2n) is 5.57. The highest BCUT2D eigenvalue weighted by molar-refractivity contribution is 5.78. The molecule has 0 saturated carbocycles. The molecular weight excluding hydrogens is 292 g/mol. The highest BCUT2D eigenvalue weighted by Crippen LogP contribution is 2.32. The minimum atomic E-state index is 0.161. The number of nitrogens with one attached hydrogen (secondary N) is 1. The number of nitrogens with two attached hydrogens (primary N) is 1. The Morgan fingerprint density at radius 3 is 2.74 bits per heavy atom. The lowest BCUT2D eigenvalue weighted by Gasteiger charge is -2.27. The van der Waals surface area contributed by atoms with Crippen LogP contribution in [-0.4, -0.2) is 38.2 Å². The molecule has 0 unspecified atom stereocenters. The monoisotopic (exact) mass is 308 g/mol. The van der Waals surface area contributed by atoms with Crippen molar-refractivity contribution >= 4 is 5.82 Å². The SMILES string of the molecule is Nc1nnc(-c2ccccc2O)cc1-c1cnn(C2CNC2)c1. The Hall–Kier alpha value is -2.93. The maximum Gasteiger partial charge on any atom is 0.154 e. The minimum absolute atomic E-state index is 0.161. The zero-order valence-electron chi connectivity index (χ0n) is 12.3. The van der Waals surface area contributed by atoms with Crippen molar-refractivity contribution in [2.75, 3.05) is 18.8 Å². The first kappa shape index (κ1) is 13.7. The number of rotatable bonds is 3. The lowest BCUT2D eigenvalue weighted by molar-refractivity contribution is 0.318. The van der Waals surface area contributed by atoms with E-state index in [1.165, 1.54) is 0 Å². The summed E-state index contributed by atoms with van der Waals surface area (Å²) in [6.45, 7) is 1.85. The zero-order chi connectivity index (χ0) is 15.8. The minimum Gasteiger partial charge on any atom is -0.507 e.